The highest BCUT2D eigenvalue weighted by Gasteiger charge is 2.13. The Labute approximate surface area is 174 Å². The topological polar surface area (TPSA) is 100 Å². The molecule has 0 unspecified atom stereocenters. The van der Waals surface area contributed by atoms with E-state index >= 15 is 0 Å². The summed E-state index contributed by atoms with van der Waals surface area (Å²) in [6.45, 7) is -0.263. The summed E-state index contributed by atoms with van der Waals surface area (Å²) in [5, 5.41) is 23.0. The third-order valence-corrected chi connectivity index (χ3v) is 5.72. The van der Waals surface area contributed by atoms with Gasteiger partial charge in [-0.05, 0) is 56.1 Å². The summed E-state index contributed by atoms with van der Waals surface area (Å²) in [5.74, 6) is -0.188. The van der Waals surface area contributed by atoms with Crippen molar-refractivity contribution in [1.82, 2.24) is 5.43 Å². The lowest BCUT2D eigenvalue weighted by Gasteiger charge is -2.10. The first kappa shape index (κ1) is 20.5. The lowest BCUT2D eigenvalue weighted by atomic mass is 10.2. The maximum atomic E-state index is 11.8. The average Bonchev–Trinajstić information content (AvgIpc) is 2.62. The minimum absolute atomic E-state index is 0.263. The Balaban J connectivity index is 1.96. The van der Waals surface area contributed by atoms with Crippen LogP contribution in [0.3, 0.4) is 0 Å². The number of hydrazone groups is 1. The van der Waals surface area contributed by atoms with E-state index in [1.165, 1.54) is 19.4 Å². The second-order valence-electron chi connectivity index (χ2n) is 4.84. The van der Waals surface area contributed by atoms with Gasteiger partial charge in [0, 0.05) is 14.5 Å². The Kier molecular flexibility index (Phi) is 7.30. The fourth-order valence-corrected chi connectivity index (χ4v) is 3.00. The summed E-state index contributed by atoms with van der Waals surface area (Å²) in [7, 11) is 1.50. The highest BCUT2D eigenvalue weighted by atomic mass is 79.9. The predicted octanol–water partition coefficient (Wildman–Crippen LogP) is 3.92. The second-order valence-corrected chi connectivity index (χ2v) is 7.34. The molecule has 2 aromatic rings. The quantitative estimate of drug-likeness (QED) is 0.286. The number of methoxy groups -OCH3 is 1. The molecule has 0 aliphatic carbocycles. The highest BCUT2D eigenvalue weighted by Crippen LogP contribution is 2.40. The van der Waals surface area contributed by atoms with Crippen LogP contribution in [-0.2, 0) is 4.79 Å². The maximum Gasteiger partial charge on any atom is 0.277 e. The molecule has 0 atom stereocenters. The van der Waals surface area contributed by atoms with Crippen molar-refractivity contribution < 1.29 is 24.5 Å². The molecule has 0 bridgehead atoms. The van der Waals surface area contributed by atoms with E-state index in [0.717, 1.165) is 4.47 Å². The van der Waals surface area contributed by atoms with Gasteiger partial charge in [-0.15, -0.1) is 0 Å². The monoisotopic (exact) mass is 550 g/mol. The number of aromatic hydroxyl groups is 2. The van der Waals surface area contributed by atoms with E-state index in [9.17, 15) is 15.0 Å². The number of nitrogens with zero attached hydrogens (tertiary/aromatic N) is 1. The molecular weight excluding hydrogens is 540 g/mol. The number of halogens is 3. The van der Waals surface area contributed by atoms with Gasteiger partial charge in [-0.25, -0.2) is 5.43 Å². The van der Waals surface area contributed by atoms with Gasteiger partial charge >= 0.3 is 0 Å². The van der Waals surface area contributed by atoms with Crippen LogP contribution in [0, 0.1) is 0 Å². The van der Waals surface area contributed by atoms with E-state index in [0.29, 0.717) is 21.5 Å². The number of hydrogen-bond acceptors (Lipinski definition) is 6. The number of hydrogen-bond donors (Lipinski definition) is 3. The van der Waals surface area contributed by atoms with Crippen molar-refractivity contribution in [3.05, 3.63) is 43.2 Å². The van der Waals surface area contributed by atoms with Gasteiger partial charge in [0.1, 0.15) is 0 Å². The molecule has 0 saturated carbocycles. The largest absolute Gasteiger partial charge is 0.504 e. The summed E-state index contributed by atoms with van der Waals surface area (Å²) in [6, 6.07) is 6.45. The molecular formula is C16H13Br3N2O5. The number of rotatable bonds is 6. The van der Waals surface area contributed by atoms with Gasteiger partial charge in [-0.2, -0.15) is 5.10 Å². The predicted molar refractivity (Wildman–Crippen MR) is 107 cm³/mol. The molecule has 138 valence electrons. The van der Waals surface area contributed by atoms with Crippen LogP contribution >= 0.6 is 47.8 Å². The van der Waals surface area contributed by atoms with Gasteiger partial charge in [-0.1, -0.05) is 15.9 Å². The van der Waals surface area contributed by atoms with Gasteiger partial charge in [0.05, 0.1) is 17.8 Å². The molecule has 0 aliphatic heterocycles. The molecule has 0 spiro atoms. The first-order valence-corrected chi connectivity index (χ1v) is 9.39. The van der Waals surface area contributed by atoms with E-state index in [1.54, 1.807) is 18.2 Å². The Morgan fingerprint density at radius 2 is 1.92 bits per heavy atom. The van der Waals surface area contributed by atoms with Crippen LogP contribution < -0.4 is 14.9 Å². The van der Waals surface area contributed by atoms with Gasteiger partial charge in [-0.3, -0.25) is 4.79 Å². The number of amides is 1. The van der Waals surface area contributed by atoms with Crippen molar-refractivity contribution in [1.29, 1.82) is 0 Å². The number of ether oxygens (including phenoxy) is 2. The van der Waals surface area contributed by atoms with Crippen LogP contribution in [-0.4, -0.2) is 36.1 Å². The van der Waals surface area contributed by atoms with Crippen molar-refractivity contribution in [2.24, 2.45) is 5.10 Å². The molecule has 1 amide bonds. The molecule has 0 radical (unpaired) electrons. The normalized spacial score (nSPS) is 10.8. The Bertz CT molecular complexity index is 858. The molecule has 10 heteroatoms. The Hall–Kier alpha value is -1.78. The SMILES string of the molecule is COc1cc(Br)ccc1OCC(=O)N/N=C\c1cc(O)c(O)c(Br)c1Br. The summed E-state index contributed by atoms with van der Waals surface area (Å²) in [6.07, 6.45) is 1.31. The second kappa shape index (κ2) is 9.24. The highest BCUT2D eigenvalue weighted by molar-refractivity contribution is 9.13. The molecule has 0 fully saturated rings. The molecule has 0 aliphatic rings. The molecule has 0 heterocycles. The number of phenols is 2. The molecule has 2 rings (SSSR count). The summed E-state index contributed by atoms with van der Waals surface area (Å²) < 4.78 is 12.1. The van der Waals surface area contributed by atoms with E-state index in [2.05, 4.69) is 58.3 Å². The molecule has 3 N–H and O–H groups in total. The molecule has 7 nitrogen and oxygen atoms in total. The lowest BCUT2D eigenvalue weighted by Crippen LogP contribution is -2.24. The zero-order chi connectivity index (χ0) is 19.3. The summed E-state index contributed by atoms with van der Waals surface area (Å²) in [4.78, 5) is 11.8. The van der Waals surface area contributed by atoms with Crippen LogP contribution in [0.4, 0.5) is 0 Å². The van der Waals surface area contributed by atoms with Crippen molar-refractivity contribution in [2.45, 2.75) is 0 Å². The van der Waals surface area contributed by atoms with Crippen LogP contribution in [0.5, 0.6) is 23.0 Å². The van der Waals surface area contributed by atoms with Gasteiger partial charge in [0.2, 0.25) is 0 Å². The Morgan fingerprint density at radius 1 is 1.19 bits per heavy atom. The first-order valence-electron chi connectivity index (χ1n) is 7.01. The van der Waals surface area contributed by atoms with E-state index in [4.69, 9.17) is 9.47 Å². The number of nitrogens with one attached hydrogen (secondary N) is 1. The van der Waals surface area contributed by atoms with Gasteiger partial charge in [0.25, 0.3) is 5.91 Å². The minimum Gasteiger partial charge on any atom is -0.504 e. The third-order valence-electron chi connectivity index (χ3n) is 3.07. The van der Waals surface area contributed by atoms with E-state index in [-0.39, 0.29) is 22.6 Å². The Morgan fingerprint density at radius 3 is 2.62 bits per heavy atom. The maximum absolute atomic E-state index is 11.8. The standard InChI is InChI=1S/C16H13Br3N2O5/c1-25-12-5-9(17)2-3-11(12)26-7-13(23)21-20-6-8-4-10(22)16(24)15(19)14(8)18/h2-6,22,24H,7H2,1H3,(H,21,23)/b20-6-. The summed E-state index contributed by atoms with van der Waals surface area (Å²) in [5.41, 5.74) is 2.75. The average molecular weight is 553 g/mol. The third kappa shape index (κ3) is 5.12. The zero-order valence-corrected chi connectivity index (χ0v) is 18.1. The molecule has 0 aromatic heterocycles. The number of carbonyl (C=O) groups excluding carboxylic acids is 1. The van der Waals surface area contributed by atoms with Gasteiger partial charge < -0.3 is 19.7 Å². The molecule has 0 saturated heterocycles. The van der Waals surface area contributed by atoms with Crippen molar-refractivity contribution in [3.8, 4) is 23.0 Å². The fourth-order valence-electron chi connectivity index (χ4n) is 1.83. The fraction of sp³-hybridized carbons (Fsp3) is 0.125. The molecule has 26 heavy (non-hydrogen) atoms. The van der Waals surface area contributed by atoms with Crippen LogP contribution in [0.25, 0.3) is 0 Å². The van der Waals surface area contributed by atoms with Crippen LogP contribution in [0.15, 0.2) is 42.8 Å². The minimum atomic E-state index is -0.482. The van der Waals surface area contributed by atoms with E-state index < -0.39 is 5.91 Å². The zero-order valence-electron chi connectivity index (χ0n) is 13.3. The van der Waals surface area contributed by atoms with Crippen molar-refractivity contribution in [2.75, 3.05) is 13.7 Å². The number of phenolic OH excluding ortho intramolecular Hbond substituents is 2. The number of benzene rings is 2. The van der Waals surface area contributed by atoms with Crippen LogP contribution in [0.1, 0.15) is 5.56 Å². The lowest BCUT2D eigenvalue weighted by molar-refractivity contribution is -0.123. The molecule has 2 aromatic carbocycles. The van der Waals surface area contributed by atoms with Crippen molar-refractivity contribution >= 4 is 59.9 Å². The van der Waals surface area contributed by atoms with Crippen LogP contribution in [0.2, 0.25) is 0 Å². The summed E-state index contributed by atoms with van der Waals surface area (Å²) >= 11 is 9.70. The number of carbonyl (C=O) groups is 1. The van der Waals surface area contributed by atoms with E-state index in [1.807, 2.05) is 0 Å². The first-order chi connectivity index (χ1) is 12.3. The van der Waals surface area contributed by atoms with Gasteiger partial charge in [0.15, 0.2) is 29.6 Å². The smallest absolute Gasteiger partial charge is 0.277 e. The van der Waals surface area contributed by atoms with Crippen molar-refractivity contribution in [3.63, 3.8) is 0 Å².